The molecule has 0 N–H and O–H groups in total. The average molecular weight is 352 g/mol. The molecule has 0 aliphatic heterocycles. The van der Waals surface area contributed by atoms with E-state index in [1.807, 2.05) is 17.0 Å². The van der Waals surface area contributed by atoms with Crippen LogP contribution in [0.25, 0.3) is 0 Å². The molecule has 24 heavy (non-hydrogen) atoms. The van der Waals surface area contributed by atoms with Crippen molar-refractivity contribution in [3.05, 3.63) is 34.9 Å². The minimum atomic E-state index is -0.270. The van der Waals surface area contributed by atoms with Crippen LogP contribution in [-0.4, -0.2) is 36.5 Å². The van der Waals surface area contributed by atoms with Gasteiger partial charge in [-0.05, 0) is 30.5 Å². The van der Waals surface area contributed by atoms with Gasteiger partial charge in [-0.15, -0.1) is 0 Å². The highest BCUT2D eigenvalue weighted by molar-refractivity contribution is 6.30. The number of carbonyl (C=O) groups excluding carboxylic acids is 2. The van der Waals surface area contributed by atoms with E-state index in [4.69, 9.17) is 16.3 Å². The lowest BCUT2D eigenvalue weighted by molar-refractivity contribution is -0.142. The van der Waals surface area contributed by atoms with Gasteiger partial charge in [0.2, 0.25) is 5.91 Å². The lowest BCUT2D eigenvalue weighted by Crippen LogP contribution is -2.42. The summed E-state index contributed by atoms with van der Waals surface area (Å²) in [6.07, 6.45) is 7.38. The smallest absolute Gasteiger partial charge is 0.307 e. The largest absolute Gasteiger partial charge is 0.469 e. The van der Waals surface area contributed by atoms with Gasteiger partial charge in [0, 0.05) is 17.6 Å². The highest BCUT2D eigenvalue weighted by atomic mass is 35.5. The molecule has 0 bridgehead atoms. The van der Waals surface area contributed by atoms with Crippen molar-refractivity contribution in [2.24, 2.45) is 0 Å². The molecule has 1 aliphatic rings. The van der Waals surface area contributed by atoms with Gasteiger partial charge >= 0.3 is 5.97 Å². The molecule has 1 amide bonds. The van der Waals surface area contributed by atoms with Crippen LogP contribution in [0.4, 0.5) is 0 Å². The van der Waals surface area contributed by atoms with Crippen LogP contribution >= 0.6 is 11.6 Å². The normalized spacial score (nSPS) is 15.6. The molecule has 5 heteroatoms. The van der Waals surface area contributed by atoms with Crippen molar-refractivity contribution >= 4 is 23.5 Å². The van der Waals surface area contributed by atoms with Crippen molar-refractivity contribution in [1.29, 1.82) is 0 Å². The van der Waals surface area contributed by atoms with Crippen LogP contribution in [0.5, 0.6) is 0 Å². The summed E-state index contributed by atoms with van der Waals surface area (Å²) in [5.41, 5.74) is 0.945. The zero-order valence-corrected chi connectivity index (χ0v) is 15.1. The molecular formula is C19H26ClNO3. The van der Waals surface area contributed by atoms with Crippen molar-refractivity contribution in [3.8, 4) is 0 Å². The number of nitrogens with zero attached hydrogens (tertiary/aromatic N) is 1. The Labute approximate surface area is 149 Å². The maximum Gasteiger partial charge on any atom is 0.307 e. The van der Waals surface area contributed by atoms with Gasteiger partial charge in [0.15, 0.2) is 0 Å². The number of ether oxygens (including phenoxy) is 1. The molecule has 1 aromatic carbocycles. The van der Waals surface area contributed by atoms with Crippen LogP contribution in [0.1, 0.15) is 50.5 Å². The molecule has 1 aromatic rings. The highest BCUT2D eigenvalue weighted by Gasteiger charge is 2.25. The molecule has 132 valence electrons. The third-order valence-corrected chi connectivity index (χ3v) is 4.89. The fourth-order valence-electron chi connectivity index (χ4n) is 3.27. The summed E-state index contributed by atoms with van der Waals surface area (Å²) in [5, 5.41) is 0.664. The Morgan fingerprint density at radius 1 is 1.12 bits per heavy atom. The molecule has 0 spiro atoms. The number of halogens is 1. The lowest BCUT2D eigenvalue weighted by atomic mass is 10.0. The van der Waals surface area contributed by atoms with Crippen LogP contribution in [0, 0.1) is 0 Å². The van der Waals surface area contributed by atoms with Crippen molar-refractivity contribution in [2.45, 2.75) is 57.4 Å². The second-order valence-electron chi connectivity index (χ2n) is 6.36. The molecule has 1 saturated carbocycles. The number of amides is 1. The number of methoxy groups -OCH3 is 1. The highest BCUT2D eigenvalue weighted by Crippen LogP contribution is 2.23. The Morgan fingerprint density at radius 2 is 1.75 bits per heavy atom. The predicted octanol–water partition coefficient (Wildman–Crippen LogP) is 4.00. The van der Waals surface area contributed by atoms with Gasteiger partial charge in [0.1, 0.15) is 0 Å². The molecule has 0 unspecified atom stereocenters. The minimum absolute atomic E-state index is 0.0770. The van der Waals surface area contributed by atoms with E-state index < -0.39 is 0 Å². The molecule has 0 atom stereocenters. The van der Waals surface area contributed by atoms with Crippen LogP contribution in [0.3, 0.4) is 0 Å². The average Bonchev–Trinajstić information content (AvgIpc) is 2.86. The molecule has 1 fully saturated rings. The standard InChI is InChI=1S/C19H26ClNO3/c1-24-19(23)12-13-21(17-6-4-2-3-5-7-17)18(22)14-15-8-10-16(20)11-9-15/h8-11,17H,2-7,12-14H2,1H3. The molecule has 1 aliphatic carbocycles. The Hall–Kier alpha value is -1.55. The number of hydrogen-bond donors (Lipinski definition) is 0. The Bertz CT molecular complexity index is 536. The summed E-state index contributed by atoms with van der Waals surface area (Å²) in [4.78, 5) is 26.3. The maximum absolute atomic E-state index is 12.9. The summed E-state index contributed by atoms with van der Waals surface area (Å²) >= 11 is 5.90. The van der Waals surface area contributed by atoms with E-state index in [-0.39, 0.29) is 24.3 Å². The van der Waals surface area contributed by atoms with Gasteiger partial charge in [0.05, 0.1) is 20.0 Å². The van der Waals surface area contributed by atoms with Crippen molar-refractivity contribution in [3.63, 3.8) is 0 Å². The molecule has 0 aromatic heterocycles. The second-order valence-corrected chi connectivity index (χ2v) is 6.80. The molecular weight excluding hydrogens is 326 g/mol. The van der Waals surface area contributed by atoms with Crippen molar-refractivity contribution in [2.75, 3.05) is 13.7 Å². The third-order valence-electron chi connectivity index (χ3n) is 4.64. The first-order chi connectivity index (χ1) is 11.6. The fourth-order valence-corrected chi connectivity index (χ4v) is 3.40. The minimum Gasteiger partial charge on any atom is -0.469 e. The molecule has 0 radical (unpaired) electrons. The monoisotopic (exact) mass is 351 g/mol. The van der Waals surface area contributed by atoms with Gasteiger partial charge in [-0.25, -0.2) is 0 Å². The van der Waals surface area contributed by atoms with Gasteiger partial charge in [-0.1, -0.05) is 49.4 Å². The van der Waals surface area contributed by atoms with E-state index in [9.17, 15) is 9.59 Å². The summed E-state index contributed by atoms with van der Waals surface area (Å²) in [7, 11) is 1.38. The second kappa shape index (κ2) is 9.67. The van der Waals surface area contributed by atoms with Gasteiger partial charge in [-0.2, -0.15) is 0 Å². The van der Waals surface area contributed by atoms with Crippen molar-refractivity contribution < 1.29 is 14.3 Å². The zero-order chi connectivity index (χ0) is 17.4. The number of carbonyl (C=O) groups is 2. The Balaban J connectivity index is 2.05. The first-order valence-corrected chi connectivity index (χ1v) is 9.08. The van der Waals surface area contributed by atoms with E-state index in [1.165, 1.54) is 20.0 Å². The van der Waals surface area contributed by atoms with Crippen LogP contribution in [0.15, 0.2) is 24.3 Å². The number of rotatable bonds is 6. The third kappa shape index (κ3) is 5.82. The lowest BCUT2D eigenvalue weighted by Gasteiger charge is -2.31. The van der Waals surface area contributed by atoms with E-state index in [2.05, 4.69) is 0 Å². The fraction of sp³-hybridized carbons (Fsp3) is 0.579. The van der Waals surface area contributed by atoms with Gasteiger partial charge in [-0.3, -0.25) is 9.59 Å². The van der Waals surface area contributed by atoms with E-state index in [0.29, 0.717) is 18.0 Å². The quantitative estimate of drug-likeness (QED) is 0.575. The number of hydrogen-bond acceptors (Lipinski definition) is 3. The topological polar surface area (TPSA) is 46.6 Å². The zero-order valence-electron chi connectivity index (χ0n) is 14.3. The Morgan fingerprint density at radius 3 is 2.33 bits per heavy atom. The molecule has 4 nitrogen and oxygen atoms in total. The maximum atomic E-state index is 12.9. The van der Waals surface area contributed by atoms with E-state index in [1.54, 1.807) is 12.1 Å². The summed E-state index contributed by atoms with van der Waals surface area (Å²) in [5.74, 6) is -0.193. The molecule has 0 heterocycles. The SMILES string of the molecule is COC(=O)CCN(C(=O)Cc1ccc(Cl)cc1)C1CCCCCC1. The van der Waals surface area contributed by atoms with Crippen LogP contribution in [-0.2, 0) is 20.7 Å². The van der Waals surface area contributed by atoms with Crippen LogP contribution in [0.2, 0.25) is 5.02 Å². The number of esters is 1. The van der Waals surface area contributed by atoms with Crippen molar-refractivity contribution in [1.82, 2.24) is 4.90 Å². The number of benzene rings is 1. The Kier molecular flexibility index (Phi) is 7.57. The van der Waals surface area contributed by atoms with Crippen LogP contribution < -0.4 is 0 Å². The summed E-state index contributed by atoms with van der Waals surface area (Å²) in [6.45, 7) is 0.434. The molecule has 2 rings (SSSR count). The first kappa shape index (κ1) is 18.8. The van der Waals surface area contributed by atoms with Gasteiger partial charge < -0.3 is 9.64 Å². The predicted molar refractivity (Wildman–Crippen MR) is 95.0 cm³/mol. The van der Waals surface area contributed by atoms with E-state index in [0.717, 1.165) is 31.2 Å². The van der Waals surface area contributed by atoms with E-state index >= 15 is 0 Å². The first-order valence-electron chi connectivity index (χ1n) is 8.71. The van der Waals surface area contributed by atoms with Gasteiger partial charge in [0.25, 0.3) is 0 Å². The summed E-state index contributed by atoms with van der Waals surface area (Å²) in [6, 6.07) is 7.60. The molecule has 0 saturated heterocycles. The summed E-state index contributed by atoms with van der Waals surface area (Å²) < 4.78 is 4.73.